The van der Waals surface area contributed by atoms with Gasteiger partial charge in [-0.2, -0.15) is 0 Å². The Labute approximate surface area is 294 Å². The van der Waals surface area contributed by atoms with Gasteiger partial charge in [-0.3, -0.25) is 28.8 Å². The van der Waals surface area contributed by atoms with Crippen LogP contribution in [0.2, 0.25) is 0 Å². The quantitative estimate of drug-likeness (QED) is 0.152. The molecule has 22 heteroatoms. The number of hydrogen-bond donors (Lipinski definition) is 2. The lowest BCUT2D eigenvalue weighted by atomic mass is 9.95. The highest BCUT2D eigenvalue weighted by atomic mass is 35.6. The fourth-order valence-corrected chi connectivity index (χ4v) is 4.84. The highest BCUT2D eigenvalue weighted by Crippen LogP contribution is 2.34. The zero-order valence-corrected chi connectivity index (χ0v) is 29.2. The van der Waals surface area contributed by atoms with Crippen LogP contribution in [0.1, 0.15) is 41.5 Å². The third-order valence-corrected chi connectivity index (χ3v) is 6.64. The van der Waals surface area contributed by atoms with Crippen molar-refractivity contribution in [1.82, 2.24) is 5.32 Å². The molecule has 49 heavy (non-hydrogen) atoms. The van der Waals surface area contributed by atoms with Gasteiger partial charge in [0.25, 0.3) is 0 Å². The highest BCUT2D eigenvalue weighted by molar-refractivity contribution is 6.67. The van der Waals surface area contributed by atoms with E-state index in [9.17, 15) is 38.7 Å². The van der Waals surface area contributed by atoms with E-state index < -0.39 is 127 Å². The first-order valence-electron chi connectivity index (χ1n) is 14.3. The highest BCUT2D eigenvalue weighted by Gasteiger charge is 2.57. The zero-order valence-electron chi connectivity index (χ0n) is 26.9. The number of aliphatic hydroxyl groups is 1. The second-order valence-corrected chi connectivity index (χ2v) is 13.0. The van der Waals surface area contributed by atoms with Gasteiger partial charge in [-0.05, 0) is 0 Å². The van der Waals surface area contributed by atoms with Gasteiger partial charge in [0.05, 0.1) is 0 Å². The van der Waals surface area contributed by atoms with E-state index in [2.05, 4.69) is 5.32 Å². The largest absolute Gasteiger partial charge is 0.463 e. The number of esters is 6. The van der Waals surface area contributed by atoms with Gasteiger partial charge in [0.15, 0.2) is 37.0 Å². The summed E-state index contributed by atoms with van der Waals surface area (Å²) in [5.41, 5.74) is 0. The fraction of sp³-hybridized carbons (Fsp3) is 0.741. The molecule has 10 atom stereocenters. The number of alkyl carbamates (subject to hydrolysis) is 1. The molecule has 2 saturated heterocycles. The van der Waals surface area contributed by atoms with Gasteiger partial charge in [0, 0.05) is 41.5 Å². The lowest BCUT2D eigenvalue weighted by Gasteiger charge is -2.48. The van der Waals surface area contributed by atoms with Crippen molar-refractivity contribution in [3.05, 3.63) is 0 Å². The Morgan fingerprint density at radius 2 is 1.04 bits per heavy atom. The standard InChI is InChI=1S/C27H36Cl3NO18/c1-10(32)40-7-16-19(43-12(3)34)21(18(24(38)47-16)31-26(39)42-9-27(28,29)30)49-25-23(46-15(6)37)22(45-14(5)36)20(44-13(4)35)17(48-25)8-41-11(2)33/h16-25,38H,7-9H2,1-6H3,(H,31,39)/t16-,17-,18-,19+,20+,21-,22+,23-,24-,25+/m1/s1. The van der Waals surface area contributed by atoms with Crippen LogP contribution in [0.5, 0.6) is 0 Å². The normalized spacial score (nSPS) is 29.8. The number of hydrogen-bond acceptors (Lipinski definition) is 18. The van der Waals surface area contributed by atoms with Crippen molar-refractivity contribution < 1.29 is 86.0 Å². The maximum atomic E-state index is 12.7. The minimum absolute atomic E-state index is 0.618. The van der Waals surface area contributed by atoms with Crippen LogP contribution in [-0.2, 0) is 76.1 Å². The summed E-state index contributed by atoms with van der Waals surface area (Å²) in [4.78, 5) is 84.9. The van der Waals surface area contributed by atoms with Crippen molar-refractivity contribution in [3.8, 4) is 0 Å². The molecule has 0 radical (unpaired) electrons. The van der Waals surface area contributed by atoms with Crippen molar-refractivity contribution in [2.75, 3.05) is 19.8 Å². The number of ether oxygens (including phenoxy) is 10. The second-order valence-electron chi connectivity index (χ2n) is 10.5. The average molecular weight is 769 g/mol. The van der Waals surface area contributed by atoms with Gasteiger partial charge in [0.2, 0.25) is 3.79 Å². The molecule has 2 fully saturated rings. The van der Waals surface area contributed by atoms with Crippen molar-refractivity contribution >= 4 is 76.7 Å². The van der Waals surface area contributed by atoms with Gasteiger partial charge in [-0.25, -0.2) is 4.79 Å². The summed E-state index contributed by atoms with van der Waals surface area (Å²) in [5.74, 6) is -5.32. The number of aliphatic hydroxyl groups excluding tert-OH is 1. The number of halogens is 3. The van der Waals surface area contributed by atoms with Crippen LogP contribution in [0.15, 0.2) is 0 Å². The number of rotatable bonds is 12. The van der Waals surface area contributed by atoms with Crippen LogP contribution in [0.4, 0.5) is 4.79 Å². The molecule has 2 N–H and O–H groups in total. The molecule has 0 aromatic heterocycles. The summed E-state index contributed by atoms with van der Waals surface area (Å²) in [7, 11) is 0. The summed E-state index contributed by atoms with van der Waals surface area (Å²) < 4.78 is 52.0. The number of carbonyl (C=O) groups excluding carboxylic acids is 7. The van der Waals surface area contributed by atoms with E-state index in [1.54, 1.807) is 0 Å². The maximum Gasteiger partial charge on any atom is 0.407 e. The van der Waals surface area contributed by atoms with E-state index in [0.717, 1.165) is 41.5 Å². The Morgan fingerprint density at radius 3 is 1.49 bits per heavy atom. The molecule has 2 aliphatic rings. The molecule has 0 aromatic rings. The molecule has 0 aromatic carbocycles. The first kappa shape index (κ1) is 42.0. The van der Waals surface area contributed by atoms with Crippen LogP contribution < -0.4 is 5.32 Å². The molecule has 0 aliphatic carbocycles. The predicted molar refractivity (Wildman–Crippen MR) is 158 cm³/mol. The lowest BCUT2D eigenvalue weighted by molar-refractivity contribution is -0.344. The molecule has 0 bridgehead atoms. The van der Waals surface area contributed by atoms with Crippen LogP contribution in [0, 0.1) is 0 Å². The van der Waals surface area contributed by atoms with Gasteiger partial charge >= 0.3 is 41.9 Å². The smallest absolute Gasteiger partial charge is 0.407 e. The second kappa shape index (κ2) is 18.7. The summed E-state index contributed by atoms with van der Waals surface area (Å²) in [6, 6.07) is -1.74. The van der Waals surface area contributed by atoms with Crippen LogP contribution in [0.25, 0.3) is 0 Å². The van der Waals surface area contributed by atoms with Gasteiger partial charge < -0.3 is 57.8 Å². The zero-order chi connectivity index (χ0) is 37.2. The third-order valence-electron chi connectivity index (χ3n) is 6.31. The monoisotopic (exact) mass is 767 g/mol. The molecule has 0 saturated carbocycles. The van der Waals surface area contributed by atoms with Gasteiger partial charge in [0.1, 0.15) is 44.2 Å². The molecule has 0 unspecified atom stereocenters. The molecule has 0 spiro atoms. The first-order chi connectivity index (χ1) is 22.7. The molecule has 19 nitrogen and oxygen atoms in total. The van der Waals surface area contributed by atoms with Crippen LogP contribution in [0.3, 0.4) is 0 Å². The number of nitrogens with one attached hydrogen (secondary N) is 1. The van der Waals surface area contributed by atoms with Crippen molar-refractivity contribution in [3.63, 3.8) is 0 Å². The molecule has 2 aliphatic heterocycles. The van der Waals surface area contributed by atoms with E-state index in [1.807, 2.05) is 0 Å². The van der Waals surface area contributed by atoms with Crippen molar-refractivity contribution in [1.29, 1.82) is 0 Å². The minimum Gasteiger partial charge on any atom is -0.463 e. The Balaban J connectivity index is 2.69. The number of amides is 1. The maximum absolute atomic E-state index is 12.7. The van der Waals surface area contributed by atoms with Crippen molar-refractivity contribution in [2.24, 2.45) is 0 Å². The molecule has 1 amide bonds. The average Bonchev–Trinajstić information content (AvgIpc) is 2.94. The SMILES string of the molecule is CC(=O)OC[C@H]1O[C@@H](O[C@@H]2[C@@H](NC(=O)OCC(Cl)(Cl)Cl)[C@H](O)O[C@H](COC(C)=O)[C@@H]2OC(C)=O)[C@H](OC(C)=O)[C@@H](OC(C)=O)[C@H]1OC(C)=O. The Hall–Kier alpha value is -3.20. The molecular formula is C27H36Cl3NO18. The summed E-state index contributed by atoms with van der Waals surface area (Å²) in [6.07, 6.45) is -16.6. The summed E-state index contributed by atoms with van der Waals surface area (Å²) >= 11 is 16.9. The van der Waals surface area contributed by atoms with Gasteiger partial charge in [-0.1, -0.05) is 34.8 Å². The van der Waals surface area contributed by atoms with E-state index in [0.29, 0.717) is 0 Å². The van der Waals surface area contributed by atoms with Crippen LogP contribution in [-0.4, -0.2) is 132 Å². The number of alkyl halides is 3. The summed E-state index contributed by atoms with van der Waals surface area (Å²) in [5, 5.41) is 13.2. The fourth-order valence-electron chi connectivity index (χ4n) is 4.68. The van der Waals surface area contributed by atoms with Crippen molar-refractivity contribution in [2.45, 2.75) is 107 Å². The van der Waals surface area contributed by atoms with Crippen LogP contribution >= 0.6 is 34.8 Å². The Bertz CT molecular complexity index is 1230. The van der Waals surface area contributed by atoms with Gasteiger partial charge in [-0.15, -0.1) is 0 Å². The molecule has 278 valence electrons. The number of carbonyl (C=O) groups is 7. The minimum atomic E-state index is -2.04. The Kier molecular flexibility index (Phi) is 16.0. The predicted octanol–water partition coefficient (Wildman–Crippen LogP) is 0.132. The topological polar surface area (TPSA) is 244 Å². The molecule has 2 heterocycles. The van der Waals surface area contributed by atoms with E-state index >= 15 is 0 Å². The lowest BCUT2D eigenvalue weighted by Crippen LogP contribution is -2.69. The first-order valence-corrected chi connectivity index (χ1v) is 15.4. The third kappa shape index (κ3) is 13.9. The molecule has 2 rings (SSSR count). The van der Waals surface area contributed by atoms with E-state index in [1.165, 1.54) is 0 Å². The molecular weight excluding hydrogens is 733 g/mol. The van der Waals surface area contributed by atoms with E-state index in [-0.39, 0.29) is 0 Å². The summed E-state index contributed by atoms with van der Waals surface area (Å²) in [6.45, 7) is 4.12. The van der Waals surface area contributed by atoms with E-state index in [4.69, 9.17) is 82.2 Å². The Morgan fingerprint density at radius 1 is 0.612 bits per heavy atom.